The summed E-state index contributed by atoms with van der Waals surface area (Å²) in [7, 11) is 0. The van der Waals surface area contributed by atoms with Crippen LogP contribution in [0, 0.1) is 17.5 Å². The number of nitrogens with zero attached hydrogens (tertiary/aromatic N) is 2. The Kier molecular flexibility index (Phi) is 5.03. The highest BCUT2D eigenvalue weighted by molar-refractivity contribution is 5.94. The van der Waals surface area contributed by atoms with E-state index in [9.17, 15) is 31.1 Å². The zero-order valence-electron chi connectivity index (χ0n) is 13.9. The Morgan fingerprint density at radius 3 is 1.96 bits per heavy atom. The highest BCUT2D eigenvalue weighted by Gasteiger charge is 2.31. The molecule has 1 aliphatic heterocycles. The molecule has 1 amide bonds. The van der Waals surface area contributed by atoms with Gasteiger partial charge in [-0.15, -0.1) is 0 Å². The van der Waals surface area contributed by atoms with Crippen LogP contribution >= 0.6 is 0 Å². The molecule has 0 aromatic heterocycles. The van der Waals surface area contributed by atoms with Crippen LogP contribution in [0.1, 0.15) is 15.9 Å². The van der Waals surface area contributed by atoms with Gasteiger partial charge in [-0.1, -0.05) is 0 Å². The van der Waals surface area contributed by atoms with E-state index in [1.807, 2.05) is 0 Å². The molecule has 3 rings (SSSR count). The van der Waals surface area contributed by atoms with Gasteiger partial charge in [0.2, 0.25) is 0 Å². The lowest BCUT2D eigenvalue weighted by Gasteiger charge is -2.36. The lowest BCUT2D eigenvalue weighted by molar-refractivity contribution is -0.137. The number of amides is 1. The minimum Gasteiger partial charge on any atom is -0.366 e. The highest BCUT2D eigenvalue weighted by Crippen LogP contribution is 2.29. The van der Waals surface area contributed by atoms with E-state index in [-0.39, 0.29) is 37.4 Å². The van der Waals surface area contributed by atoms with Gasteiger partial charge in [0, 0.05) is 31.7 Å². The van der Waals surface area contributed by atoms with Gasteiger partial charge in [-0.05, 0) is 36.4 Å². The van der Waals surface area contributed by atoms with E-state index in [0.29, 0.717) is 0 Å². The van der Waals surface area contributed by atoms with Gasteiger partial charge >= 0.3 is 6.18 Å². The zero-order chi connectivity index (χ0) is 19.8. The maximum absolute atomic E-state index is 13.9. The van der Waals surface area contributed by atoms with Crippen molar-refractivity contribution in [3.63, 3.8) is 0 Å². The number of carbonyl (C=O) groups excluding carboxylic acids is 1. The molecule has 0 bridgehead atoms. The summed E-state index contributed by atoms with van der Waals surface area (Å²) >= 11 is 0. The molecule has 1 saturated heterocycles. The monoisotopic (exact) mass is 388 g/mol. The molecule has 27 heavy (non-hydrogen) atoms. The summed E-state index contributed by atoms with van der Waals surface area (Å²) in [4.78, 5) is 15.3. The highest BCUT2D eigenvalue weighted by atomic mass is 19.4. The fraction of sp³-hybridized carbons (Fsp3) is 0.278. The Hall–Kier alpha value is -2.71. The maximum Gasteiger partial charge on any atom is 0.416 e. The van der Waals surface area contributed by atoms with Gasteiger partial charge in [0.25, 0.3) is 5.91 Å². The first-order valence-corrected chi connectivity index (χ1v) is 8.03. The summed E-state index contributed by atoms with van der Waals surface area (Å²) in [6.45, 7) is 0.680. The third-order valence-corrected chi connectivity index (χ3v) is 4.38. The van der Waals surface area contributed by atoms with Crippen molar-refractivity contribution in [1.82, 2.24) is 4.90 Å². The van der Waals surface area contributed by atoms with Gasteiger partial charge < -0.3 is 9.80 Å². The van der Waals surface area contributed by atoms with Gasteiger partial charge in [-0.2, -0.15) is 13.2 Å². The smallest absolute Gasteiger partial charge is 0.366 e. The Morgan fingerprint density at radius 1 is 0.815 bits per heavy atom. The number of rotatable bonds is 2. The predicted molar refractivity (Wildman–Crippen MR) is 85.9 cm³/mol. The van der Waals surface area contributed by atoms with Crippen molar-refractivity contribution in [2.24, 2.45) is 0 Å². The lowest BCUT2D eigenvalue weighted by atomic mass is 10.1. The molecule has 0 saturated carbocycles. The molecule has 2 aromatic rings. The van der Waals surface area contributed by atoms with Crippen LogP contribution in [0.5, 0.6) is 0 Å². The number of halogens is 6. The normalized spacial score (nSPS) is 15.2. The average Bonchev–Trinajstić information content (AvgIpc) is 2.65. The number of piperazine rings is 1. The molecular formula is C18H14F6N2O. The van der Waals surface area contributed by atoms with Crippen LogP contribution < -0.4 is 4.90 Å². The first-order chi connectivity index (χ1) is 12.7. The summed E-state index contributed by atoms with van der Waals surface area (Å²) in [5, 5.41) is 0. The second kappa shape index (κ2) is 7.13. The van der Waals surface area contributed by atoms with Crippen molar-refractivity contribution in [1.29, 1.82) is 0 Å². The molecule has 1 heterocycles. The van der Waals surface area contributed by atoms with Crippen LogP contribution in [0.25, 0.3) is 0 Å². The van der Waals surface area contributed by atoms with Crippen molar-refractivity contribution in [2.45, 2.75) is 6.18 Å². The van der Waals surface area contributed by atoms with E-state index in [1.54, 1.807) is 0 Å². The van der Waals surface area contributed by atoms with E-state index in [1.165, 1.54) is 9.80 Å². The van der Waals surface area contributed by atoms with Crippen molar-refractivity contribution < 1.29 is 31.1 Å². The van der Waals surface area contributed by atoms with Gasteiger partial charge in [-0.3, -0.25) is 4.79 Å². The second-order valence-corrected chi connectivity index (χ2v) is 6.05. The Labute approximate surface area is 150 Å². The van der Waals surface area contributed by atoms with E-state index >= 15 is 0 Å². The molecule has 9 heteroatoms. The number of alkyl halides is 3. The third kappa shape index (κ3) is 3.86. The largest absolute Gasteiger partial charge is 0.416 e. The van der Waals surface area contributed by atoms with Gasteiger partial charge in [0.05, 0.1) is 11.3 Å². The lowest BCUT2D eigenvalue weighted by Crippen LogP contribution is -2.49. The molecule has 1 aliphatic rings. The van der Waals surface area contributed by atoms with E-state index in [4.69, 9.17) is 0 Å². The average molecular weight is 388 g/mol. The first kappa shape index (κ1) is 19.1. The van der Waals surface area contributed by atoms with Crippen LogP contribution in [0.3, 0.4) is 0 Å². The number of hydrogen-bond donors (Lipinski definition) is 0. The summed E-state index contributed by atoms with van der Waals surface area (Å²) < 4.78 is 78.0. The van der Waals surface area contributed by atoms with Crippen LogP contribution in [-0.2, 0) is 6.18 Å². The summed E-state index contributed by atoms with van der Waals surface area (Å²) in [6, 6.07) is 5.83. The van der Waals surface area contributed by atoms with Gasteiger partial charge in [-0.25, -0.2) is 13.2 Å². The summed E-state index contributed by atoms with van der Waals surface area (Å²) in [5.74, 6) is -4.59. The molecule has 0 atom stereocenters. The second-order valence-electron chi connectivity index (χ2n) is 6.05. The van der Waals surface area contributed by atoms with Crippen molar-refractivity contribution in [2.75, 3.05) is 31.1 Å². The fourth-order valence-electron chi connectivity index (χ4n) is 2.89. The quantitative estimate of drug-likeness (QED) is 0.572. The van der Waals surface area contributed by atoms with Gasteiger partial charge in [0.1, 0.15) is 0 Å². The molecule has 1 fully saturated rings. The summed E-state index contributed by atoms with van der Waals surface area (Å²) in [6.07, 6.45) is -4.48. The summed E-state index contributed by atoms with van der Waals surface area (Å²) in [5.41, 5.74) is -0.844. The molecule has 0 spiro atoms. The van der Waals surface area contributed by atoms with E-state index in [2.05, 4.69) is 0 Å². The number of benzene rings is 2. The first-order valence-electron chi connectivity index (χ1n) is 8.03. The van der Waals surface area contributed by atoms with E-state index < -0.39 is 35.1 Å². The van der Waals surface area contributed by atoms with Crippen LogP contribution in [0.15, 0.2) is 36.4 Å². The Balaban J connectivity index is 1.67. The van der Waals surface area contributed by atoms with E-state index in [0.717, 1.165) is 36.4 Å². The van der Waals surface area contributed by atoms with Crippen molar-refractivity contribution in [3.05, 3.63) is 65.0 Å². The minimum atomic E-state index is -4.48. The van der Waals surface area contributed by atoms with Crippen LogP contribution in [0.4, 0.5) is 32.0 Å². The molecular weight excluding hydrogens is 374 g/mol. The molecule has 144 valence electrons. The van der Waals surface area contributed by atoms with Crippen molar-refractivity contribution >= 4 is 11.6 Å². The molecule has 0 radical (unpaired) electrons. The van der Waals surface area contributed by atoms with Crippen LogP contribution in [-0.4, -0.2) is 37.0 Å². The van der Waals surface area contributed by atoms with Crippen molar-refractivity contribution in [3.8, 4) is 0 Å². The Bertz CT molecular complexity index is 842. The predicted octanol–water partition coefficient (Wildman–Crippen LogP) is 4.09. The molecule has 3 nitrogen and oxygen atoms in total. The zero-order valence-corrected chi connectivity index (χ0v) is 13.9. The molecule has 2 aromatic carbocycles. The number of hydrogen-bond acceptors (Lipinski definition) is 2. The minimum absolute atomic E-state index is 0.101. The number of anilines is 1. The van der Waals surface area contributed by atoms with Gasteiger partial charge in [0.15, 0.2) is 17.5 Å². The fourth-order valence-corrected chi connectivity index (χ4v) is 2.89. The molecule has 0 N–H and O–H groups in total. The third-order valence-electron chi connectivity index (χ3n) is 4.38. The maximum atomic E-state index is 13.9. The molecule has 0 unspecified atom stereocenters. The standard InChI is InChI=1S/C18H14F6N2O/c19-13-5-6-14(16(21)15(13)20)25-7-9-26(10-8-25)17(27)11-1-3-12(4-2-11)18(22,23)24/h1-6H,7-10H2. The van der Waals surface area contributed by atoms with Crippen LogP contribution in [0.2, 0.25) is 0 Å². The Morgan fingerprint density at radius 2 is 1.41 bits per heavy atom. The molecule has 0 aliphatic carbocycles. The SMILES string of the molecule is O=C(c1ccc(C(F)(F)F)cc1)N1CCN(c2ccc(F)c(F)c2F)CC1. The topological polar surface area (TPSA) is 23.6 Å². The number of carbonyl (C=O) groups is 1.